The molecule has 0 aromatic heterocycles. The Labute approximate surface area is 114 Å². The predicted molar refractivity (Wildman–Crippen MR) is 74.0 cm³/mol. The summed E-state index contributed by atoms with van der Waals surface area (Å²) >= 11 is 1.92. The highest BCUT2D eigenvalue weighted by atomic mass is 32.2. The van der Waals surface area contributed by atoms with Crippen LogP contribution in [0.5, 0.6) is 0 Å². The Bertz CT molecular complexity index is 330. The van der Waals surface area contributed by atoms with Crippen molar-refractivity contribution in [1.82, 2.24) is 4.90 Å². The molecular weight excluding hydrogens is 246 g/mol. The van der Waals surface area contributed by atoms with Gasteiger partial charge in [-0.25, -0.2) is 0 Å². The SMILES string of the molecule is CN1CCSCC1C(=O)C1CCOC2(CCC2)C1. The molecule has 2 heterocycles. The van der Waals surface area contributed by atoms with Crippen LogP contribution < -0.4 is 0 Å². The molecule has 0 aromatic rings. The Hall–Kier alpha value is -0.0600. The van der Waals surface area contributed by atoms with Crippen molar-refractivity contribution < 1.29 is 9.53 Å². The molecule has 2 saturated heterocycles. The van der Waals surface area contributed by atoms with E-state index in [9.17, 15) is 4.79 Å². The minimum atomic E-state index is 0.0962. The molecule has 0 amide bonds. The third-order valence-electron chi connectivity index (χ3n) is 4.88. The second kappa shape index (κ2) is 5.14. The fraction of sp³-hybridized carbons (Fsp3) is 0.929. The number of carbonyl (C=O) groups is 1. The van der Waals surface area contributed by atoms with Crippen LogP contribution in [0.15, 0.2) is 0 Å². The van der Waals surface area contributed by atoms with E-state index in [1.54, 1.807) is 0 Å². The van der Waals surface area contributed by atoms with Gasteiger partial charge in [0.05, 0.1) is 11.6 Å². The summed E-state index contributed by atoms with van der Waals surface area (Å²) in [7, 11) is 2.10. The number of hydrogen-bond donors (Lipinski definition) is 0. The van der Waals surface area contributed by atoms with Crippen molar-refractivity contribution in [2.45, 2.75) is 43.7 Å². The fourth-order valence-electron chi connectivity index (χ4n) is 3.45. The molecule has 3 aliphatic rings. The van der Waals surface area contributed by atoms with Crippen molar-refractivity contribution in [1.29, 1.82) is 0 Å². The van der Waals surface area contributed by atoms with Crippen LogP contribution in [0.1, 0.15) is 32.1 Å². The zero-order valence-electron chi connectivity index (χ0n) is 11.2. The molecule has 2 aliphatic heterocycles. The predicted octanol–water partition coefficient (Wildman–Crippen LogP) is 1.95. The highest BCUT2D eigenvalue weighted by molar-refractivity contribution is 7.99. The van der Waals surface area contributed by atoms with Crippen molar-refractivity contribution in [2.75, 3.05) is 31.7 Å². The van der Waals surface area contributed by atoms with Crippen molar-refractivity contribution in [3.05, 3.63) is 0 Å². The van der Waals surface area contributed by atoms with Gasteiger partial charge in [-0.2, -0.15) is 11.8 Å². The number of nitrogens with zero attached hydrogens (tertiary/aromatic N) is 1. The second-order valence-electron chi connectivity index (χ2n) is 6.05. The van der Waals surface area contributed by atoms with Gasteiger partial charge in [0.25, 0.3) is 0 Å². The summed E-state index contributed by atoms with van der Waals surface area (Å²) in [6.07, 6.45) is 5.55. The molecule has 102 valence electrons. The minimum Gasteiger partial charge on any atom is -0.375 e. The zero-order chi connectivity index (χ0) is 12.6. The summed E-state index contributed by atoms with van der Waals surface area (Å²) in [5.41, 5.74) is 0.0962. The summed E-state index contributed by atoms with van der Waals surface area (Å²) in [6, 6.07) is 0.156. The number of rotatable bonds is 2. The van der Waals surface area contributed by atoms with E-state index in [4.69, 9.17) is 4.74 Å². The topological polar surface area (TPSA) is 29.5 Å². The number of thioether (sulfide) groups is 1. The molecule has 0 bridgehead atoms. The van der Waals surface area contributed by atoms with Gasteiger partial charge in [0.1, 0.15) is 0 Å². The molecule has 2 unspecified atom stereocenters. The number of hydrogen-bond acceptors (Lipinski definition) is 4. The summed E-state index contributed by atoms with van der Waals surface area (Å²) in [6.45, 7) is 1.84. The number of likely N-dealkylation sites (N-methyl/N-ethyl adjacent to an activating group) is 1. The van der Waals surface area contributed by atoms with E-state index >= 15 is 0 Å². The quantitative estimate of drug-likeness (QED) is 0.766. The Morgan fingerprint density at radius 1 is 1.44 bits per heavy atom. The van der Waals surface area contributed by atoms with Gasteiger partial charge in [0.2, 0.25) is 0 Å². The average Bonchev–Trinajstić information content (AvgIpc) is 2.37. The van der Waals surface area contributed by atoms with Gasteiger partial charge in [-0.05, 0) is 39.2 Å². The lowest BCUT2D eigenvalue weighted by atomic mass is 9.70. The molecule has 3 nitrogen and oxygen atoms in total. The molecule has 1 saturated carbocycles. The smallest absolute Gasteiger partial charge is 0.154 e. The molecular formula is C14H23NO2S. The van der Waals surface area contributed by atoms with Crippen molar-refractivity contribution >= 4 is 17.5 Å². The van der Waals surface area contributed by atoms with Crippen molar-refractivity contribution in [2.24, 2.45) is 5.92 Å². The fourth-order valence-corrected chi connectivity index (χ4v) is 4.67. The highest BCUT2D eigenvalue weighted by Gasteiger charge is 2.45. The largest absolute Gasteiger partial charge is 0.375 e. The van der Waals surface area contributed by atoms with Gasteiger partial charge < -0.3 is 4.74 Å². The third kappa shape index (κ3) is 2.35. The van der Waals surface area contributed by atoms with Crippen LogP contribution in [-0.4, -0.2) is 54.0 Å². The zero-order valence-corrected chi connectivity index (χ0v) is 12.0. The van der Waals surface area contributed by atoms with Gasteiger partial charge in [0.15, 0.2) is 5.78 Å². The molecule has 1 spiro atoms. The van der Waals surface area contributed by atoms with Crippen molar-refractivity contribution in [3.63, 3.8) is 0 Å². The van der Waals surface area contributed by atoms with Crippen LogP contribution in [0.4, 0.5) is 0 Å². The molecule has 1 aliphatic carbocycles. The number of ketones is 1. The normalized spacial score (nSPS) is 36.3. The van der Waals surface area contributed by atoms with Gasteiger partial charge in [0, 0.05) is 30.6 Å². The maximum Gasteiger partial charge on any atom is 0.154 e. The summed E-state index contributed by atoms with van der Waals surface area (Å²) in [5, 5.41) is 0. The van der Waals surface area contributed by atoms with Gasteiger partial charge in [-0.1, -0.05) is 0 Å². The maximum atomic E-state index is 12.7. The monoisotopic (exact) mass is 269 g/mol. The Kier molecular flexibility index (Phi) is 3.70. The van der Waals surface area contributed by atoms with E-state index in [1.165, 1.54) is 19.3 Å². The maximum absolute atomic E-state index is 12.7. The molecule has 2 atom stereocenters. The lowest BCUT2D eigenvalue weighted by molar-refractivity contribution is -0.157. The van der Waals surface area contributed by atoms with Crippen LogP contribution in [0, 0.1) is 5.92 Å². The molecule has 4 heteroatoms. The first-order valence-corrected chi connectivity index (χ1v) is 8.31. The highest BCUT2D eigenvalue weighted by Crippen LogP contribution is 2.44. The van der Waals surface area contributed by atoms with E-state index in [0.717, 1.165) is 37.5 Å². The first-order valence-electron chi connectivity index (χ1n) is 7.16. The van der Waals surface area contributed by atoms with Crippen LogP contribution in [0.25, 0.3) is 0 Å². The number of Topliss-reactive ketones (excluding diaryl/α,β-unsaturated/α-hetero) is 1. The third-order valence-corrected chi connectivity index (χ3v) is 5.91. The van der Waals surface area contributed by atoms with Gasteiger partial charge in [-0.3, -0.25) is 9.69 Å². The molecule has 3 rings (SSSR count). The van der Waals surface area contributed by atoms with E-state index in [-0.39, 0.29) is 17.6 Å². The first kappa shape index (κ1) is 12.9. The van der Waals surface area contributed by atoms with Crippen LogP contribution in [0.2, 0.25) is 0 Å². The van der Waals surface area contributed by atoms with Crippen LogP contribution in [0.3, 0.4) is 0 Å². The lowest BCUT2D eigenvalue weighted by Gasteiger charge is -2.47. The molecule has 0 radical (unpaired) electrons. The molecule has 18 heavy (non-hydrogen) atoms. The van der Waals surface area contributed by atoms with E-state index in [2.05, 4.69) is 11.9 Å². The summed E-state index contributed by atoms with van der Waals surface area (Å²) < 4.78 is 5.92. The van der Waals surface area contributed by atoms with E-state index < -0.39 is 0 Å². The Balaban J connectivity index is 1.64. The summed E-state index contributed by atoms with van der Waals surface area (Å²) in [5.74, 6) is 2.89. The average molecular weight is 269 g/mol. The molecule has 0 aromatic carbocycles. The Morgan fingerprint density at radius 2 is 2.28 bits per heavy atom. The number of carbonyl (C=O) groups excluding carboxylic acids is 1. The molecule has 0 N–H and O–H groups in total. The second-order valence-corrected chi connectivity index (χ2v) is 7.20. The van der Waals surface area contributed by atoms with E-state index in [0.29, 0.717) is 5.78 Å². The number of ether oxygens (including phenoxy) is 1. The van der Waals surface area contributed by atoms with Crippen molar-refractivity contribution in [3.8, 4) is 0 Å². The molecule has 3 fully saturated rings. The first-order chi connectivity index (χ1) is 8.70. The summed E-state index contributed by atoms with van der Waals surface area (Å²) in [4.78, 5) is 14.9. The Morgan fingerprint density at radius 3 is 2.94 bits per heavy atom. The standard InChI is InChI=1S/C14H23NO2S/c1-15-6-8-18-10-12(15)13(16)11-3-7-17-14(9-11)4-2-5-14/h11-12H,2-10H2,1H3. The van der Waals surface area contributed by atoms with Gasteiger partial charge in [-0.15, -0.1) is 0 Å². The minimum absolute atomic E-state index is 0.0962. The van der Waals surface area contributed by atoms with Crippen LogP contribution in [-0.2, 0) is 9.53 Å². The van der Waals surface area contributed by atoms with E-state index in [1.807, 2.05) is 11.8 Å². The van der Waals surface area contributed by atoms with Crippen LogP contribution >= 0.6 is 11.8 Å². The lowest BCUT2D eigenvalue weighted by Crippen LogP contribution is -2.52. The van der Waals surface area contributed by atoms with Gasteiger partial charge >= 0.3 is 0 Å².